The topological polar surface area (TPSA) is 95.0 Å². The number of hydrogen-bond donors (Lipinski definition) is 0. The predicted octanol–water partition coefficient (Wildman–Crippen LogP) is -1.44. The Morgan fingerprint density at radius 2 is 1.95 bits per heavy atom. The van der Waals surface area contributed by atoms with Gasteiger partial charge in [0.05, 0.1) is 6.33 Å². The van der Waals surface area contributed by atoms with Gasteiger partial charge >= 0.3 is 5.69 Å². The minimum absolute atomic E-state index is 0.0254. The second-order valence-electron chi connectivity index (χ2n) is 5.01. The second-order valence-corrected chi connectivity index (χ2v) is 6.89. The third kappa shape index (κ3) is 2.29. The van der Waals surface area contributed by atoms with Crippen LogP contribution in [0.5, 0.6) is 0 Å². The average Bonchev–Trinajstić information content (AvgIpc) is 2.89. The van der Waals surface area contributed by atoms with Crippen LogP contribution in [0.15, 0.2) is 22.3 Å². The molecule has 0 saturated heterocycles. The normalized spacial score (nSPS) is 16.7. The van der Waals surface area contributed by atoms with Crippen LogP contribution < -0.4 is 5.69 Å². The van der Waals surface area contributed by atoms with Gasteiger partial charge in [0, 0.05) is 46.3 Å². The lowest BCUT2D eigenvalue weighted by atomic mass is 10.4. The summed E-state index contributed by atoms with van der Waals surface area (Å²) in [6.45, 7) is 0.820. The van der Waals surface area contributed by atoms with E-state index in [-0.39, 0.29) is 23.8 Å². The van der Waals surface area contributed by atoms with Gasteiger partial charge in [-0.1, -0.05) is 0 Å². The molecule has 114 valence electrons. The first-order valence-electron chi connectivity index (χ1n) is 6.50. The summed E-state index contributed by atoms with van der Waals surface area (Å²) in [5.74, 6) is 0.612. The van der Waals surface area contributed by atoms with Crippen LogP contribution in [0, 0.1) is 0 Å². The third-order valence-electron chi connectivity index (χ3n) is 3.53. The number of aryl methyl sites for hydroxylation is 2. The summed E-state index contributed by atoms with van der Waals surface area (Å²) >= 11 is 0. The van der Waals surface area contributed by atoms with E-state index in [2.05, 4.69) is 10.1 Å². The van der Waals surface area contributed by atoms with Crippen molar-refractivity contribution in [3.63, 3.8) is 0 Å². The van der Waals surface area contributed by atoms with Crippen molar-refractivity contribution in [3.8, 4) is 0 Å². The number of fused-ring (bicyclic) bond motifs is 1. The molecule has 2 aromatic rings. The fraction of sp³-hybridized carbons (Fsp3) is 0.545. The quantitative estimate of drug-likeness (QED) is 0.677. The van der Waals surface area contributed by atoms with Crippen LogP contribution in [0.25, 0.3) is 0 Å². The highest BCUT2D eigenvalue weighted by atomic mass is 32.2. The average molecular weight is 312 g/mol. The molecule has 0 radical (unpaired) electrons. The zero-order chi connectivity index (χ0) is 15.2. The fourth-order valence-electron chi connectivity index (χ4n) is 2.41. The van der Waals surface area contributed by atoms with Crippen molar-refractivity contribution in [2.45, 2.75) is 18.0 Å². The number of sulfonamides is 1. The molecule has 0 aliphatic carbocycles. The van der Waals surface area contributed by atoms with E-state index in [0.717, 1.165) is 0 Å². The lowest BCUT2D eigenvalue weighted by Gasteiger charge is -2.17. The van der Waals surface area contributed by atoms with E-state index >= 15 is 0 Å². The van der Waals surface area contributed by atoms with Crippen molar-refractivity contribution >= 4 is 10.0 Å². The summed E-state index contributed by atoms with van der Waals surface area (Å²) in [4.78, 5) is 15.8. The second kappa shape index (κ2) is 4.81. The highest BCUT2D eigenvalue weighted by molar-refractivity contribution is 7.89. The van der Waals surface area contributed by atoms with Gasteiger partial charge in [0.25, 0.3) is 10.0 Å². The first-order chi connectivity index (χ1) is 9.89. The molecule has 0 spiro atoms. The van der Waals surface area contributed by atoms with Gasteiger partial charge in [-0.05, 0) is 0 Å². The summed E-state index contributed by atoms with van der Waals surface area (Å²) < 4.78 is 30.8. The first kappa shape index (κ1) is 14.0. The maximum atomic E-state index is 12.5. The van der Waals surface area contributed by atoms with E-state index in [1.54, 1.807) is 18.7 Å². The predicted molar refractivity (Wildman–Crippen MR) is 73.1 cm³/mol. The van der Waals surface area contributed by atoms with E-state index in [9.17, 15) is 13.2 Å². The van der Waals surface area contributed by atoms with Gasteiger partial charge < -0.3 is 4.57 Å². The molecule has 0 atom stereocenters. The van der Waals surface area contributed by atoms with Gasteiger partial charge in [0.2, 0.25) is 0 Å². The Bertz CT molecular complexity index is 831. The summed E-state index contributed by atoms with van der Waals surface area (Å²) in [7, 11) is -0.326. The van der Waals surface area contributed by atoms with E-state index < -0.39 is 10.0 Å². The van der Waals surface area contributed by atoms with Gasteiger partial charge in [0.15, 0.2) is 5.03 Å². The Hall–Kier alpha value is -1.94. The van der Waals surface area contributed by atoms with Crippen molar-refractivity contribution in [1.82, 2.24) is 28.2 Å². The number of aromatic nitrogens is 5. The van der Waals surface area contributed by atoms with E-state index in [1.165, 1.54) is 26.1 Å². The van der Waals surface area contributed by atoms with Gasteiger partial charge in [-0.25, -0.2) is 22.9 Å². The molecule has 0 aromatic carbocycles. The van der Waals surface area contributed by atoms with Crippen molar-refractivity contribution in [3.05, 3.63) is 28.8 Å². The maximum Gasteiger partial charge on any atom is 0.345 e. The molecular weight excluding hydrogens is 296 g/mol. The van der Waals surface area contributed by atoms with E-state index in [4.69, 9.17) is 0 Å². The third-order valence-corrected chi connectivity index (χ3v) is 5.31. The van der Waals surface area contributed by atoms with E-state index in [1.807, 2.05) is 0 Å². The molecular formula is C11H16N6O3S. The highest BCUT2D eigenvalue weighted by Gasteiger charge is 2.29. The van der Waals surface area contributed by atoms with Crippen LogP contribution in [0.3, 0.4) is 0 Å². The molecule has 1 aliphatic heterocycles. The standard InChI is InChI=1S/C11H16N6O3S/c1-14-7-10(12-8-14)21(19,20)16-4-3-9-13-15(2)11(18)17(9)6-5-16/h7-8H,3-6H2,1-2H3. The molecule has 2 aromatic heterocycles. The molecule has 3 rings (SSSR count). The summed E-state index contributed by atoms with van der Waals surface area (Å²) in [5, 5.41) is 4.16. The zero-order valence-corrected chi connectivity index (χ0v) is 12.6. The van der Waals surface area contributed by atoms with Crippen LogP contribution in [-0.4, -0.2) is 49.7 Å². The molecule has 0 saturated carbocycles. The first-order valence-corrected chi connectivity index (χ1v) is 7.94. The van der Waals surface area contributed by atoms with Gasteiger partial charge in [-0.3, -0.25) is 4.57 Å². The smallest absolute Gasteiger partial charge is 0.339 e. The molecule has 0 amide bonds. The highest BCUT2D eigenvalue weighted by Crippen LogP contribution is 2.15. The van der Waals surface area contributed by atoms with Crippen LogP contribution in [-0.2, 0) is 37.1 Å². The molecule has 10 heteroatoms. The van der Waals surface area contributed by atoms with Crippen LogP contribution in [0.1, 0.15) is 5.82 Å². The lowest BCUT2D eigenvalue weighted by molar-refractivity contribution is 0.409. The van der Waals surface area contributed by atoms with Crippen molar-refractivity contribution in [1.29, 1.82) is 0 Å². The van der Waals surface area contributed by atoms with Gasteiger partial charge in [-0.15, -0.1) is 0 Å². The number of hydrogen-bond acceptors (Lipinski definition) is 5. The van der Waals surface area contributed by atoms with E-state index in [0.29, 0.717) is 18.8 Å². The number of rotatable bonds is 2. The van der Waals surface area contributed by atoms with Gasteiger partial charge in [0.1, 0.15) is 5.82 Å². The van der Waals surface area contributed by atoms with Crippen LogP contribution >= 0.6 is 0 Å². The summed E-state index contributed by atoms with van der Waals surface area (Å²) in [6.07, 6.45) is 3.32. The Morgan fingerprint density at radius 1 is 1.19 bits per heavy atom. The van der Waals surface area contributed by atoms with Crippen LogP contribution in [0.2, 0.25) is 0 Å². The molecule has 21 heavy (non-hydrogen) atoms. The summed E-state index contributed by atoms with van der Waals surface area (Å²) in [6, 6.07) is 0. The largest absolute Gasteiger partial charge is 0.345 e. The molecule has 3 heterocycles. The number of imidazole rings is 1. The minimum atomic E-state index is -3.63. The van der Waals surface area contributed by atoms with Crippen molar-refractivity contribution in [2.75, 3.05) is 13.1 Å². The Kier molecular flexibility index (Phi) is 3.21. The Balaban J connectivity index is 1.89. The fourth-order valence-corrected chi connectivity index (χ4v) is 3.81. The molecule has 0 unspecified atom stereocenters. The molecule has 1 aliphatic rings. The summed E-state index contributed by atoms with van der Waals surface area (Å²) in [5.41, 5.74) is -0.220. The molecule has 0 bridgehead atoms. The SMILES string of the molecule is Cn1cnc(S(=O)(=O)N2CCc3nn(C)c(=O)n3CC2)c1. The van der Waals surface area contributed by atoms with Gasteiger partial charge in [-0.2, -0.15) is 9.40 Å². The minimum Gasteiger partial charge on any atom is -0.339 e. The van der Waals surface area contributed by atoms with Crippen LogP contribution in [0.4, 0.5) is 0 Å². The molecule has 0 N–H and O–H groups in total. The van der Waals surface area contributed by atoms with Crippen molar-refractivity contribution < 1.29 is 8.42 Å². The molecule has 0 fully saturated rings. The Morgan fingerprint density at radius 3 is 2.62 bits per heavy atom. The molecule has 9 nitrogen and oxygen atoms in total. The monoisotopic (exact) mass is 312 g/mol. The number of nitrogens with zero attached hydrogens (tertiary/aromatic N) is 6. The Labute approximate surface area is 121 Å². The lowest BCUT2D eigenvalue weighted by Crippen LogP contribution is -2.35. The van der Waals surface area contributed by atoms with Crippen molar-refractivity contribution in [2.24, 2.45) is 14.1 Å². The zero-order valence-electron chi connectivity index (χ0n) is 11.8. The maximum absolute atomic E-state index is 12.5.